The first-order valence-corrected chi connectivity index (χ1v) is 6.84. The van der Waals surface area contributed by atoms with Crippen LogP contribution in [0.2, 0.25) is 0 Å². The Morgan fingerprint density at radius 2 is 1.90 bits per heavy atom. The zero-order valence-corrected chi connectivity index (χ0v) is 12.0. The van der Waals surface area contributed by atoms with Gasteiger partial charge in [-0.05, 0) is 43.7 Å². The van der Waals surface area contributed by atoms with Crippen molar-refractivity contribution in [1.29, 1.82) is 0 Å². The third-order valence-electron chi connectivity index (χ3n) is 3.25. The number of halogens is 3. The molecule has 0 radical (unpaired) electrons. The smallest absolute Gasteiger partial charge is 0.141 e. The van der Waals surface area contributed by atoms with E-state index in [2.05, 4.69) is 10.3 Å². The third-order valence-corrected chi connectivity index (χ3v) is 3.25. The molecule has 0 amide bonds. The van der Waals surface area contributed by atoms with E-state index in [0.29, 0.717) is 17.8 Å². The highest BCUT2D eigenvalue weighted by molar-refractivity contribution is 5.34. The molecular weight excluding hydrogens is 277 g/mol. The highest BCUT2D eigenvalue weighted by Crippen LogP contribution is 2.27. The second kappa shape index (κ2) is 6.72. The minimum absolute atomic E-state index is 0.0810. The van der Waals surface area contributed by atoms with Crippen molar-refractivity contribution in [1.82, 2.24) is 10.3 Å². The van der Waals surface area contributed by atoms with Crippen molar-refractivity contribution in [3.8, 4) is 0 Å². The second-order valence-corrected chi connectivity index (χ2v) is 4.88. The summed E-state index contributed by atoms with van der Waals surface area (Å²) in [5.41, 5.74) is 0.660. The number of rotatable bonds is 5. The van der Waals surface area contributed by atoms with Crippen molar-refractivity contribution < 1.29 is 13.2 Å². The number of hydrogen-bond donors (Lipinski definition) is 1. The van der Waals surface area contributed by atoms with Crippen LogP contribution in [0, 0.1) is 24.4 Å². The maximum atomic E-state index is 14.3. The summed E-state index contributed by atoms with van der Waals surface area (Å²) in [7, 11) is 0. The Labute approximate surface area is 122 Å². The lowest BCUT2D eigenvalue weighted by Crippen LogP contribution is -2.26. The van der Waals surface area contributed by atoms with Crippen LogP contribution in [-0.2, 0) is 0 Å². The SMILES string of the molecule is CCCNC(c1ccc(F)cn1)c1c(F)ccc(C)c1F. The minimum atomic E-state index is -0.745. The van der Waals surface area contributed by atoms with E-state index in [1.165, 1.54) is 24.3 Å². The van der Waals surface area contributed by atoms with Gasteiger partial charge in [-0.1, -0.05) is 13.0 Å². The minimum Gasteiger partial charge on any atom is -0.305 e. The monoisotopic (exact) mass is 294 g/mol. The van der Waals surface area contributed by atoms with Gasteiger partial charge in [-0.15, -0.1) is 0 Å². The van der Waals surface area contributed by atoms with E-state index in [1.54, 1.807) is 6.92 Å². The summed E-state index contributed by atoms with van der Waals surface area (Å²) in [5, 5.41) is 3.07. The predicted molar refractivity (Wildman–Crippen MR) is 75.4 cm³/mol. The molecule has 0 saturated carbocycles. The van der Waals surface area contributed by atoms with Gasteiger partial charge in [-0.2, -0.15) is 0 Å². The number of nitrogens with one attached hydrogen (secondary N) is 1. The Bertz CT molecular complexity index is 612. The van der Waals surface area contributed by atoms with Crippen LogP contribution in [0.3, 0.4) is 0 Å². The fourth-order valence-electron chi connectivity index (χ4n) is 2.14. The van der Waals surface area contributed by atoms with Gasteiger partial charge in [0.1, 0.15) is 17.5 Å². The summed E-state index contributed by atoms with van der Waals surface area (Å²) in [6.45, 7) is 4.09. The van der Waals surface area contributed by atoms with Gasteiger partial charge in [0, 0.05) is 5.56 Å². The molecule has 21 heavy (non-hydrogen) atoms. The maximum absolute atomic E-state index is 14.3. The molecule has 1 heterocycles. The quantitative estimate of drug-likeness (QED) is 0.904. The summed E-state index contributed by atoms with van der Waals surface area (Å²) in [6.07, 6.45) is 1.84. The van der Waals surface area contributed by atoms with Crippen LogP contribution < -0.4 is 5.32 Å². The first-order chi connectivity index (χ1) is 10.0. The molecule has 0 spiro atoms. The fourth-order valence-corrected chi connectivity index (χ4v) is 2.14. The second-order valence-electron chi connectivity index (χ2n) is 4.88. The zero-order valence-electron chi connectivity index (χ0n) is 12.0. The molecule has 0 bridgehead atoms. The van der Waals surface area contributed by atoms with Crippen molar-refractivity contribution in [3.05, 3.63) is 64.7 Å². The molecule has 1 aromatic carbocycles. The molecule has 2 aromatic rings. The van der Waals surface area contributed by atoms with E-state index in [4.69, 9.17) is 0 Å². The molecule has 2 rings (SSSR count). The Balaban J connectivity index is 2.50. The van der Waals surface area contributed by atoms with Gasteiger partial charge >= 0.3 is 0 Å². The number of pyridine rings is 1. The van der Waals surface area contributed by atoms with Gasteiger partial charge in [0.25, 0.3) is 0 Å². The molecule has 0 saturated heterocycles. The molecule has 1 atom stereocenters. The first kappa shape index (κ1) is 15.5. The van der Waals surface area contributed by atoms with Gasteiger partial charge in [-0.3, -0.25) is 4.98 Å². The van der Waals surface area contributed by atoms with E-state index in [-0.39, 0.29) is 5.56 Å². The molecule has 0 aliphatic heterocycles. The molecule has 2 nitrogen and oxygen atoms in total. The number of aromatic nitrogens is 1. The van der Waals surface area contributed by atoms with Gasteiger partial charge < -0.3 is 5.32 Å². The van der Waals surface area contributed by atoms with Crippen molar-refractivity contribution in [3.63, 3.8) is 0 Å². The predicted octanol–water partition coefficient (Wildman–Crippen LogP) is 3.90. The van der Waals surface area contributed by atoms with E-state index < -0.39 is 23.5 Å². The number of hydrogen-bond acceptors (Lipinski definition) is 2. The summed E-state index contributed by atoms with van der Waals surface area (Å²) in [4.78, 5) is 3.95. The number of benzene rings is 1. The Hall–Kier alpha value is -1.88. The van der Waals surface area contributed by atoms with Crippen molar-refractivity contribution in [2.75, 3.05) is 6.54 Å². The highest BCUT2D eigenvalue weighted by atomic mass is 19.1. The molecular formula is C16H17F3N2. The van der Waals surface area contributed by atoms with Crippen LogP contribution in [0.25, 0.3) is 0 Å². The van der Waals surface area contributed by atoms with Gasteiger partial charge in [0.15, 0.2) is 0 Å². The van der Waals surface area contributed by atoms with Gasteiger partial charge in [0.2, 0.25) is 0 Å². The fraction of sp³-hybridized carbons (Fsp3) is 0.312. The molecule has 0 aliphatic rings. The standard InChI is InChI=1S/C16H17F3N2/c1-3-8-20-16(13-7-5-11(17)9-21-13)14-12(18)6-4-10(2)15(14)19/h4-7,9,16,20H,3,8H2,1-2H3. The van der Waals surface area contributed by atoms with Gasteiger partial charge in [-0.25, -0.2) is 13.2 Å². The molecule has 1 aromatic heterocycles. The van der Waals surface area contributed by atoms with Crippen LogP contribution in [0.4, 0.5) is 13.2 Å². The van der Waals surface area contributed by atoms with E-state index >= 15 is 0 Å². The largest absolute Gasteiger partial charge is 0.305 e. The summed E-state index contributed by atoms with van der Waals surface area (Å²) in [5.74, 6) is -1.73. The van der Waals surface area contributed by atoms with Crippen LogP contribution >= 0.6 is 0 Å². The molecule has 0 fully saturated rings. The van der Waals surface area contributed by atoms with Crippen LogP contribution in [0.1, 0.15) is 36.2 Å². The zero-order chi connectivity index (χ0) is 15.4. The summed E-state index contributed by atoms with van der Waals surface area (Å²) >= 11 is 0. The van der Waals surface area contributed by atoms with E-state index in [1.807, 2.05) is 6.92 Å². The van der Waals surface area contributed by atoms with E-state index in [0.717, 1.165) is 12.6 Å². The lowest BCUT2D eigenvalue weighted by molar-refractivity contribution is 0.493. The lowest BCUT2D eigenvalue weighted by atomic mass is 9.99. The Kier molecular flexibility index (Phi) is 4.96. The molecule has 5 heteroatoms. The molecule has 0 aliphatic carbocycles. The first-order valence-electron chi connectivity index (χ1n) is 6.84. The van der Waals surface area contributed by atoms with Crippen LogP contribution in [0.15, 0.2) is 30.5 Å². The molecule has 112 valence electrons. The number of aryl methyl sites for hydroxylation is 1. The topological polar surface area (TPSA) is 24.9 Å². The molecule has 1 N–H and O–H groups in total. The molecule has 1 unspecified atom stereocenters. The van der Waals surface area contributed by atoms with Crippen molar-refractivity contribution in [2.45, 2.75) is 26.3 Å². The Morgan fingerprint density at radius 3 is 2.52 bits per heavy atom. The summed E-state index contributed by atoms with van der Waals surface area (Å²) in [6, 6.07) is 4.55. The maximum Gasteiger partial charge on any atom is 0.141 e. The average Bonchev–Trinajstić information content (AvgIpc) is 2.48. The summed E-state index contributed by atoms with van der Waals surface area (Å²) < 4.78 is 41.4. The average molecular weight is 294 g/mol. The number of nitrogens with zero attached hydrogens (tertiary/aromatic N) is 1. The van der Waals surface area contributed by atoms with Crippen LogP contribution in [-0.4, -0.2) is 11.5 Å². The highest BCUT2D eigenvalue weighted by Gasteiger charge is 2.23. The van der Waals surface area contributed by atoms with Crippen molar-refractivity contribution in [2.24, 2.45) is 0 Å². The van der Waals surface area contributed by atoms with E-state index in [9.17, 15) is 13.2 Å². The third kappa shape index (κ3) is 3.42. The van der Waals surface area contributed by atoms with Crippen molar-refractivity contribution >= 4 is 0 Å². The normalized spacial score (nSPS) is 12.4. The van der Waals surface area contributed by atoms with Crippen LogP contribution in [0.5, 0.6) is 0 Å². The lowest BCUT2D eigenvalue weighted by Gasteiger charge is -2.20. The van der Waals surface area contributed by atoms with Gasteiger partial charge in [0.05, 0.1) is 17.9 Å². The Morgan fingerprint density at radius 1 is 1.14 bits per heavy atom.